The minimum Gasteiger partial charge on any atom is -0.497 e. The van der Waals surface area contributed by atoms with Crippen LogP contribution in [-0.2, 0) is 0 Å². The number of carboxylic acid groups (broad SMARTS) is 1. The Hall–Kier alpha value is -4.24. The molecule has 0 fully saturated rings. The van der Waals surface area contributed by atoms with Crippen LogP contribution in [0.3, 0.4) is 0 Å². The average Bonchev–Trinajstić information content (AvgIpc) is 2.80. The molecule has 2 N–H and O–H groups in total. The van der Waals surface area contributed by atoms with Crippen molar-refractivity contribution in [2.75, 3.05) is 12.4 Å². The van der Waals surface area contributed by atoms with Crippen LogP contribution >= 0.6 is 11.6 Å². The first-order valence-corrected chi connectivity index (χ1v) is 9.61. The molecule has 2 aromatic heterocycles. The van der Waals surface area contributed by atoms with E-state index < -0.39 is 11.9 Å². The van der Waals surface area contributed by atoms with Gasteiger partial charge in [-0.1, -0.05) is 23.7 Å². The van der Waals surface area contributed by atoms with Gasteiger partial charge in [0.05, 0.1) is 35.1 Å². The maximum atomic E-state index is 13.0. The molecule has 0 saturated carbocycles. The molecule has 32 heavy (non-hydrogen) atoms. The fraction of sp³-hybridized carbons (Fsp3) is 0.0455. The number of halogens is 1. The quantitative estimate of drug-likeness (QED) is 0.442. The number of methoxy groups -OCH3 is 1. The van der Waals surface area contributed by atoms with E-state index in [2.05, 4.69) is 20.3 Å². The molecule has 0 atom stereocenters. The first kappa shape index (κ1) is 21.0. The van der Waals surface area contributed by atoms with Crippen LogP contribution in [0.4, 0.5) is 5.69 Å². The van der Waals surface area contributed by atoms with Crippen LogP contribution in [0.15, 0.2) is 60.8 Å². The molecule has 10 heteroatoms. The number of nitrogens with one attached hydrogen (secondary N) is 1. The highest BCUT2D eigenvalue weighted by Crippen LogP contribution is 2.33. The van der Waals surface area contributed by atoms with Crippen molar-refractivity contribution in [3.8, 4) is 17.4 Å². The van der Waals surface area contributed by atoms with Crippen molar-refractivity contribution >= 4 is 40.2 Å². The van der Waals surface area contributed by atoms with Gasteiger partial charge in [-0.3, -0.25) is 4.79 Å². The van der Waals surface area contributed by atoms with E-state index in [1.165, 1.54) is 25.4 Å². The number of rotatable bonds is 6. The minimum absolute atomic E-state index is 0.0524. The smallest absolute Gasteiger partial charge is 0.354 e. The lowest BCUT2D eigenvalue weighted by atomic mass is 10.2. The van der Waals surface area contributed by atoms with Gasteiger partial charge < -0.3 is 19.9 Å². The third-order valence-electron chi connectivity index (χ3n) is 4.34. The molecule has 0 spiro atoms. The summed E-state index contributed by atoms with van der Waals surface area (Å²) < 4.78 is 11.0. The van der Waals surface area contributed by atoms with Gasteiger partial charge in [0.25, 0.3) is 11.8 Å². The second kappa shape index (κ2) is 8.86. The van der Waals surface area contributed by atoms with E-state index in [-0.39, 0.29) is 33.7 Å². The summed E-state index contributed by atoms with van der Waals surface area (Å²) in [5, 5.41) is 11.8. The second-order valence-electron chi connectivity index (χ2n) is 6.46. The highest BCUT2D eigenvalue weighted by molar-refractivity contribution is 6.32. The van der Waals surface area contributed by atoms with Crippen molar-refractivity contribution < 1.29 is 24.2 Å². The molecule has 0 aliphatic heterocycles. The van der Waals surface area contributed by atoms with Crippen LogP contribution in [-0.4, -0.2) is 39.0 Å². The van der Waals surface area contributed by atoms with Crippen LogP contribution in [0, 0.1) is 0 Å². The molecule has 1 amide bonds. The van der Waals surface area contributed by atoms with Crippen LogP contribution in [0.25, 0.3) is 11.0 Å². The van der Waals surface area contributed by atoms with E-state index in [4.69, 9.17) is 26.2 Å². The molecule has 9 nitrogen and oxygen atoms in total. The number of ether oxygens (including phenoxy) is 2. The first-order valence-electron chi connectivity index (χ1n) is 9.23. The summed E-state index contributed by atoms with van der Waals surface area (Å²) >= 11 is 6.27. The van der Waals surface area contributed by atoms with Gasteiger partial charge >= 0.3 is 5.97 Å². The fourth-order valence-corrected chi connectivity index (χ4v) is 2.99. The summed E-state index contributed by atoms with van der Waals surface area (Å²) in [7, 11) is 1.52. The molecule has 0 saturated heterocycles. The maximum absolute atomic E-state index is 13.0. The Morgan fingerprint density at radius 3 is 2.41 bits per heavy atom. The zero-order valence-electron chi connectivity index (χ0n) is 16.6. The second-order valence-corrected chi connectivity index (χ2v) is 6.86. The van der Waals surface area contributed by atoms with Crippen molar-refractivity contribution in [3.05, 3.63) is 77.2 Å². The molecule has 4 rings (SSSR count). The Morgan fingerprint density at radius 1 is 1.03 bits per heavy atom. The van der Waals surface area contributed by atoms with Gasteiger partial charge in [0.15, 0.2) is 5.69 Å². The lowest BCUT2D eigenvalue weighted by Gasteiger charge is -2.12. The highest BCUT2D eigenvalue weighted by atomic mass is 35.5. The maximum Gasteiger partial charge on any atom is 0.354 e. The SMILES string of the molecule is COc1ccc(Oc2nc3ccccc3nc2C(=O)Nc2ccc(C(=O)O)nc2)c(Cl)c1. The van der Waals surface area contributed by atoms with Crippen molar-refractivity contribution in [2.45, 2.75) is 0 Å². The molecule has 2 heterocycles. The van der Waals surface area contributed by atoms with Gasteiger partial charge in [-0.25, -0.2) is 19.7 Å². The predicted molar refractivity (Wildman–Crippen MR) is 117 cm³/mol. The molecule has 160 valence electrons. The summed E-state index contributed by atoms with van der Waals surface area (Å²) in [5.74, 6) is -1.03. The van der Waals surface area contributed by atoms with Crippen LogP contribution in [0.5, 0.6) is 17.4 Å². The molecular weight excluding hydrogens is 436 g/mol. The third kappa shape index (κ3) is 4.42. The minimum atomic E-state index is -1.17. The Kier molecular flexibility index (Phi) is 5.82. The molecule has 2 aromatic carbocycles. The number of benzene rings is 2. The summed E-state index contributed by atoms with van der Waals surface area (Å²) in [4.78, 5) is 36.5. The number of aromatic carboxylic acids is 1. The summed E-state index contributed by atoms with van der Waals surface area (Å²) in [6, 6.07) is 14.5. The Morgan fingerprint density at radius 2 is 1.78 bits per heavy atom. The molecule has 0 bridgehead atoms. The largest absolute Gasteiger partial charge is 0.497 e. The number of hydrogen-bond acceptors (Lipinski definition) is 7. The number of nitrogens with zero attached hydrogens (tertiary/aromatic N) is 3. The van der Waals surface area contributed by atoms with E-state index in [0.717, 1.165) is 0 Å². The number of hydrogen-bond donors (Lipinski definition) is 2. The zero-order valence-corrected chi connectivity index (χ0v) is 17.3. The van der Waals surface area contributed by atoms with Crippen LogP contribution in [0.2, 0.25) is 5.02 Å². The van der Waals surface area contributed by atoms with Crippen molar-refractivity contribution in [3.63, 3.8) is 0 Å². The normalized spacial score (nSPS) is 10.6. The number of aromatic nitrogens is 3. The number of carbonyl (C=O) groups is 2. The number of pyridine rings is 1. The third-order valence-corrected chi connectivity index (χ3v) is 4.64. The van der Waals surface area contributed by atoms with Gasteiger partial charge in [0, 0.05) is 6.07 Å². The molecule has 0 radical (unpaired) electrons. The Balaban J connectivity index is 1.70. The van der Waals surface area contributed by atoms with Gasteiger partial charge in [-0.15, -0.1) is 0 Å². The van der Waals surface area contributed by atoms with Crippen LogP contribution in [0.1, 0.15) is 21.0 Å². The highest BCUT2D eigenvalue weighted by Gasteiger charge is 2.20. The number of para-hydroxylation sites is 2. The average molecular weight is 451 g/mol. The van der Waals surface area contributed by atoms with Crippen LogP contribution < -0.4 is 14.8 Å². The molecule has 4 aromatic rings. The van der Waals surface area contributed by atoms with E-state index in [9.17, 15) is 9.59 Å². The predicted octanol–water partition coefficient (Wildman–Crippen LogP) is 4.43. The van der Waals surface area contributed by atoms with E-state index >= 15 is 0 Å². The first-order chi connectivity index (χ1) is 15.4. The number of anilines is 1. The molecule has 0 aliphatic carbocycles. The molecular formula is C22H15ClN4O5. The van der Waals surface area contributed by atoms with Crippen molar-refractivity contribution in [1.29, 1.82) is 0 Å². The number of carbonyl (C=O) groups excluding carboxylic acids is 1. The lowest BCUT2D eigenvalue weighted by molar-refractivity contribution is 0.0690. The van der Waals surface area contributed by atoms with Gasteiger partial charge in [-0.2, -0.15) is 0 Å². The van der Waals surface area contributed by atoms with Gasteiger partial charge in [0.1, 0.15) is 17.2 Å². The van der Waals surface area contributed by atoms with Crippen molar-refractivity contribution in [1.82, 2.24) is 15.0 Å². The summed E-state index contributed by atoms with van der Waals surface area (Å²) in [5.41, 5.74) is 1.06. The fourth-order valence-electron chi connectivity index (χ4n) is 2.78. The summed E-state index contributed by atoms with van der Waals surface area (Å²) in [6.45, 7) is 0. The summed E-state index contributed by atoms with van der Waals surface area (Å²) in [6.07, 6.45) is 1.23. The Labute approximate surface area is 186 Å². The van der Waals surface area contributed by atoms with E-state index in [0.29, 0.717) is 16.8 Å². The topological polar surface area (TPSA) is 124 Å². The molecule has 0 unspecified atom stereocenters. The molecule has 0 aliphatic rings. The number of amides is 1. The monoisotopic (exact) mass is 450 g/mol. The van der Waals surface area contributed by atoms with Crippen molar-refractivity contribution in [2.24, 2.45) is 0 Å². The number of fused-ring (bicyclic) bond motifs is 1. The van der Waals surface area contributed by atoms with Gasteiger partial charge in [-0.05, 0) is 36.4 Å². The number of carboxylic acids is 1. The van der Waals surface area contributed by atoms with E-state index in [1.807, 2.05) is 0 Å². The van der Waals surface area contributed by atoms with Gasteiger partial charge in [0.2, 0.25) is 0 Å². The zero-order chi connectivity index (χ0) is 22.7. The standard InChI is InChI=1S/C22H15ClN4O5/c1-31-13-7-9-18(14(23)10-13)32-21-19(26-15-4-2-3-5-16(15)27-21)20(28)25-12-6-8-17(22(29)30)24-11-12/h2-11H,1H3,(H,25,28)(H,29,30). The lowest BCUT2D eigenvalue weighted by Crippen LogP contribution is -2.16. The van der Waals surface area contributed by atoms with E-state index in [1.54, 1.807) is 42.5 Å². The Bertz CT molecular complexity index is 1330.